The Labute approximate surface area is 135 Å². The van der Waals surface area contributed by atoms with Gasteiger partial charge in [0.15, 0.2) is 0 Å². The van der Waals surface area contributed by atoms with E-state index in [0.29, 0.717) is 6.04 Å². The first-order valence-electron chi connectivity index (χ1n) is 7.42. The summed E-state index contributed by atoms with van der Waals surface area (Å²) in [6.07, 6.45) is 5.11. The van der Waals surface area contributed by atoms with E-state index in [1.165, 1.54) is 30.6 Å². The summed E-state index contributed by atoms with van der Waals surface area (Å²) in [4.78, 5) is 0. The van der Waals surface area contributed by atoms with Crippen LogP contribution < -0.4 is 10.1 Å². The number of benzene rings is 1. The lowest BCUT2D eigenvalue weighted by atomic mass is 9.98. The van der Waals surface area contributed by atoms with Gasteiger partial charge in [0, 0.05) is 15.8 Å². The molecule has 1 saturated heterocycles. The Balaban J connectivity index is 2.12. The Bertz CT molecular complexity index is 421. The van der Waals surface area contributed by atoms with Crippen molar-refractivity contribution in [2.75, 3.05) is 19.4 Å². The lowest BCUT2D eigenvalue weighted by molar-refractivity contribution is 0.402. The fraction of sp³-hybridized carbons (Fsp3) is 0.625. The number of hydrogen-bond acceptors (Lipinski definition) is 3. The highest BCUT2D eigenvalue weighted by Gasteiger charge is 2.24. The summed E-state index contributed by atoms with van der Waals surface area (Å²) in [6.45, 7) is 3.22. The van der Waals surface area contributed by atoms with Crippen LogP contribution in [0.1, 0.15) is 31.7 Å². The average molecular weight is 358 g/mol. The summed E-state index contributed by atoms with van der Waals surface area (Å²) in [6, 6.07) is 6.82. The second-order valence-electron chi connectivity index (χ2n) is 5.23. The van der Waals surface area contributed by atoms with E-state index in [-0.39, 0.29) is 0 Å². The summed E-state index contributed by atoms with van der Waals surface area (Å²) < 4.78 is 6.64. The van der Waals surface area contributed by atoms with E-state index in [2.05, 4.69) is 52.1 Å². The number of nitrogens with one attached hydrogen (secondary N) is 1. The van der Waals surface area contributed by atoms with Gasteiger partial charge in [-0.25, -0.2) is 0 Å². The monoisotopic (exact) mass is 357 g/mol. The van der Waals surface area contributed by atoms with Gasteiger partial charge in [-0.2, -0.15) is 11.8 Å². The molecule has 2 unspecified atom stereocenters. The van der Waals surface area contributed by atoms with E-state index in [9.17, 15) is 0 Å². The average Bonchev–Trinajstić information content (AvgIpc) is 2.48. The molecule has 0 aromatic heterocycles. The zero-order chi connectivity index (χ0) is 14.4. The molecule has 1 aromatic carbocycles. The summed E-state index contributed by atoms with van der Waals surface area (Å²) in [5, 5.41) is 4.41. The van der Waals surface area contributed by atoms with Crippen LogP contribution >= 0.6 is 27.7 Å². The third-order valence-electron chi connectivity index (χ3n) is 3.81. The zero-order valence-corrected chi connectivity index (χ0v) is 14.7. The number of hydrogen-bond donors (Lipinski definition) is 1. The van der Waals surface area contributed by atoms with Crippen LogP contribution in [0.4, 0.5) is 0 Å². The molecule has 2 atom stereocenters. The molecule has 1 N–H and O–H groups in total. The first-order valence-corrected chi connectivity index (χ1v) is 9.26. The van der Waals surface area contributed by atoms with Gasteiger partial charge in [0.2, 0.25) is 0 Å². The number of ether oxygens (including phenoxy) is 1. The van der Waals surface area contributed by atoms with E-state index < -0.39 is 0 Å². The van der Waals surface area contributed by atoms with Gasteiger partial charge in [0.1, 0.15) is 5.75 Å². The summed E-state index contributed by atoms with van der Waals surface area (Å²) in [7, 11) is 1.75. The molecule has 1 aliphatic rings. The smallest absolute Gasteiger partial charge is 0.122 e. The molecule has 1 aliphatic heterocycles. The van der Waals surface area contributed by atoms with E-state index in [4.69, 9.17) is 4.74 Å². The van der Waals surface area contributed by atoms with Crippen LogP contribution in [0.15, 0.2) is 22.7 Å². The molecule has 0 amide bonds. The van der Waals surface area contributed by atoms with Gasteiger partial charge < -0.3 is 10.1 Å². The van der Waals surface area contributed by atoms with Gasteiger partial charge >= 0.3 is 0 Å². The molecule has 0 aliphatic carbocycles. The molecule has 20 heavy (non-hydrogen) atoms. The Hall–Kier alpha value is -0.190. The van der Waals surface area contributed by atoms with Crippen molar-refractivity contribution in [1.82, 2.24) is 5.32 Å². The normalized spacial score (nSPS) is 20.6. The third kappa shape index (κ3) is 4.40. The first kappa shape index (κ1) is 16.2. The predicted octanol–water partition coefficient (Wildman–Crippen LogP) is 4.26. The number of likely N-dealkylation sites (N-methyl/N-ethyl adjacent to an activating group) is 1. The van der Waals surface area contributed by atoms with Gasteiger partial charge in [-0.3, -0.25) is 0 Å². The summed E-state index contributed by atoms with van der Waals surface area (Å²) in [5.74, 6) is 2.30. The lowest BCUT2D eigenvalue weighted by Crippen LogP contribution is -2.41. The quantitative estimate of drug-likeness (QED) is 0.821. The molecule has 4 heteroatoms. The van der Waals surface area contributed by atoms with Crippen molar-refractivity contribution in [3.8, 4) is 5.75 Å². The van der Waals surface area contributed by atoms with Gasteiger partial charge in [0.25, 0.3) is 0 Å². The number of halogens is 1. The third-order valence-corrected chi connectivity index (χ3v) is 5.82. The number of rotatable bonds is 6. The van der Waals surface area contributed by atoms with Crippen LogP contribution in [-0.2, 0) is 6.42 Å². The van der Waals surface area contributed by atoms with E-state index >= 15 is 0 Å². The number of thioether (sulfide) groups is 1. The maximum Gasteiger partial charge on any atom is 0.122 e. The zero-order valence-electron chi connectivity index (χ0n) is 12.3. The minimum absolute atomic E-state index is 0.536. The Kier molecular flexibility index (Phi) is 6.72. The molecule has 1 heterocycles. The highest BCUT2D eigenvalue weighted by Crippen LogP contribution is 2.31. The van der Waals surface area contributed by atoms with Crippen molar-refractivity contribution in [1.29, 1.82) is 0 Å². The standard InChI is InChI=1S/C16H24BrNOS/c1-3-18-14(16-6-4-5-9-20-16)11-12-10-13(17)7-8-15(12)19-2/h7-8,10,14,16,18H,3-6,9,11H2,1-2H3. The molecule has 1 fully saturated rings. The van der Waals surface area contributed by atoms with Crippen molar-refractivity contribution in [2.24, 2.45) is 0 Å². The van der Waals surface area contributed by atoms with Crippen molar-refractivity contribution >= 4 is 27.7 Å². The fourth-order valence-electron chi connectivity index (χ4n) is 2.82. The van der Waals surface area contributed by atoms with Gasteiger partial charge in [-0.05, 0) is 55.3 Å². The molecule has 2 rings (SSSR count). The van der Waals surface area contributed by atoms with E-state index in [1.54, 1.807) is 7.11 Å². The molecule has 0 saturated carbocycles. The van der Waals surface area contributed by atoms with E-state index in [1.807, 2.05) is 6.07 Å². The van der Waals surface area contributed by atoms with Crippen LogP contribution in [-0.4, -0.2) is 30.7 Å². The minimum Gasteiger partial charge on any atom is -0.496 e. The first-order chi connectivity index (χ1) is 9.74. The molecule has 112 valence electrons. The van der Waals surface area contributed by atoms with Crippen LogP contribution in [0.2, 0.25) is 0 Å². The molecular formula is C16H24BrNOS. The Morgan fingerprint density at radius 2 is 2.30 bits per heavy atom. The van der Waals surface area contributed by atoms with Crippen molar-refractivity contribution in [3.05, 3.63) is 28.2 Å². The van der Waals surface area contributed by atoms with Crippen LogP contribution in [0, 0.1) is 0 Å². The highest BCUT2D eigenvalue weighted by atomic mass is 79.9. The second-order valence-corrected chi connectivity index (χ2v) is 7.49. The molecule has 0 spiro atoms. The van der Waals surface area contributed by atoms with Crippen LogP contribution in [0.5, 0.6) is 5.75 Å². The Morgan fingerprint density at radius 3 is 2.95 bits per heavy atom. The molecular weight excluding hydrogens is 334 g/mol. The van der Waals surface area contributed by atoms with Crippen molar-refractivity contribution < 1.29 is 4.74 Å². The topological polar surface area (TPSA) is 21.3 Å². The molecule has 0 bridgehead atoms. The maximum atomic E-state index is 5.51. The number of methoxy groups -OCH3 is 1. The maximum absolute atomic E-state index is 5.51. The van der Waals surface area contributed by atoms with Crippen molar-refractivity contribution in [3.63, 3.8) is 0 Å². The fourth-order valence-corrected chi connectivity index (χ4v) is 4.66. The van der Waals surface area contributed by atoms with Crippen LogP contribution in [0.3, 0.4) is 0 Å². The molecule has 2 nitrogen and oxygen atoms in total. The Morgan fingerprint density at radius 1 is 1.45 bits per heavy atom. The van der Waals surface area contributed by atoms with Gasteiger partial charge in [0.05, 0.1) is 7.11 Å². The molecule has 1 aromatic rings. The lowest BCUT2D eigenvalue weighted by Gasteiger charge is -2.31. The van der Waals surface area contributed by atoms with Crippen molar-refractivity contribution in [2.45, 2.75) is 43.9 Å². The SMILES string of the molecule is CCNC(Cc1cc(Br)ccc1OC)C1CCCCS1. The summed E-state index contributed by atoms with van der Waals surface area (Å²) >= 11 is 5.70. The predicted molar refractivity (Wildman–Crippen MR) is 92.0 cm³/mol. The van der Waals surface area contributed by atoms with E-state index in [0.717, 1.165) is 28.4 Å². The minimum atomic E-state index is 0.536. The van der Waals surface area contributed by atoms with Crippen LogP contribution in [0.25, 0.3) is 0 Å². The van der Waals surface area contributed by atoms with Gasteiger partial charge in [-0.15, -0.1) is 0 Å². The second kappa shape index (κ2) is 8.30. The highest BCUT2D eigenvalue weighted by molar-refractivity contribution is 9.10. The molecule has 0 radical (unpaired) electrons. The van der Waals surface area contributed by atoms with Gasteiger partial charge in [-0.1, -0.05) is 29.3 Å². The largest absolute Gasteiger partial charge is 0.496 e. The summed E-state index contributed by atoms with van der Waals surface area (Å²) in [5.41, 5.74) is 1.29.